The van der Waals surface area contributed by atoms with Gasteiger partial charge in [-0.15, -0.1) is 0 Å². The van der Waals surface area contributed by atoms with Crippen molar-refractivity contribution in [3.8, 4) is 0 Å². The van der Waals surface area contributed by atoms with E-state index in [1.54, 1.807) is 0 Å². The smallest absolute Gasteiger partial charge is 0.0730 e. The average Bonchev–Trinajstić information content (AvgIpc) is 2.85. The molecule has 1 saturated heterocycles. The van der Waals surface area contributed by atoms with Gasteiger partial charge in [0.15, 0.2) is 0 Å². The van der Waals surface area contributed by atoms with Gasteiger partial charge in [-0.2, -0.15) is 0 Å². The lowest BCUT2D eigenvalue weighted by molar-refractivity contribution is -0.0355. The van der Waals surface area contributed by atoms with Crippen molar-refractivity contribution in [3.63, 3.8) is 0 Å². The molecule has 2 rings (SSSR count). The molecule has 3 heteroatoms. The van der Waals surface area contributed by atoms with Crippen LogP contribution in [-0.4, -0.2) is 37.2 Å². The maximum atomic E-state index is 5.73. The molecule has 0 radical (unpaired) electrons. The van der Waals surface area contributed by atoms with Crippen LogP contribution in [0.3, 0.4) is 0 Å². The molecule has 13 heavy (non-hydrogen) atoms. The van der Waals surface area contributed by atoms with Gasteiger partial charge < -0.3 is 4.74 Å². The summed E-state index contributed by atoms with van der Waals surface area (Å²) >= 11 is 3.41. The van der Waals surface area contributed by atoms with E-state index < -0.39 is 0 Å². The van der Waals surface area contributed by atoms with Gasteiger partial charge in [0, 0.05) is 24.1 Å². The Morgan fingerprint density at radius 3 is 2.92 bits per heavy atom. The molecule has 74 valence electrons. The van der Waals surface area contributed by atoms with Crippen molar-refractivity contribution in [1.29, 1.82) is 0 Å². The Balaban J connectivity index is 1.80. The van der Waals surface area contributed by atoms with E-state index in [0.717, 1.165) is 36.6 Å². The van der Waals surface area contributed by atoms with E-state index in [9.17, 15) is 0 Å². The van der Waals surface area contributed by atoms with Crippen molar-refractivity contribution in [2.75, 3.05) is 26.2 Å². The molecule has 1 heterocycles. The lowest BCUT2D eigenvalue weighted by atomic mass is 10.2. The standard InChI is InChI=1S/C10H16BrNO/c1-8(11)6-12-4-5-13-10(7-12)9-2-3-9/h9-10H,1-7H2. The number of morpholine rings is 1. The van der Waals surface area contributed by atoms with Crippen LogP contribution in [0.15, 0.2) is 11.1 Å². The number of rotatable bonds is 3. The second-order valence-electron chi connectivity index (χ2n) is 4.00. The summed E-state index contributed by atoms with van der Waals surface area (Å²) < 4.78 is 6.80. The lowest BCUT2D eigenvalue weighted by Crippen LogP contribution is -2.43. The number of hydrogen-bond donors (Lipinski definition) is 0. The third kappa shape index (κ3) is 2.79. The molecule has 0 amide bonds. The number of ether oxygens (including phenoxy) is 1. The lowest BCUT2D eigenvalue weighted by Gasteiger charge is -2.32. The van der Waals surface area contributed by atoms with Crippen LogP contribution in [0, 0.1) is 5.92 Å². The summed E-state index contributed by atoms with van der Waals surface area (Å²) in [7, 11) is 0. The van der Waals surface area contributed by atoms with E-state index in [4.69, 9.17) is 4.74 Å². The zero-order chi connectivity index (χ0) is 9.26. The van der Waals surface area contributed by atoms with E-state index in [2.05, 4.69) is 27.4 Å². The fourth-order valence-electron chi connectivity index (χ4n) is 1.87. The highest BCUT2D eigenvalue weighted by molar-refractivity contribution is 9.11. The molecule has 1 unspecified atom stereocenters. The van der Waals surface area contributed by atoms with Crippen molar-refractivity contribution in [2.24, 2.45) is 5.92 Å². The van der Waals surface area contributed by atoms with Crippen LogP contribution in [0.4, 0.5) is 0 Å². The molecule has 2 fully saturated rings. The molecule has 0 N–H and O–H groups in total. The minimum Gasteiger partial charge on any atom is -0.375 e. The minimum absolute atomic E-state index is 0.501. The van der Waals surface area contributed by atoms with Gasteiger partial charge in [-0.05, 0) is 18.8 Å². The Morgan fingerprint density at radius 1 is 1.54 bits per heavy atom. The zero-order valence-electron chi connectivity index (χ0n) is 7.84. The summed E-state index contributed by atoms with van der Waals surface area (Å²) in [6, 6.07) is 0. The van der Waals surface area contributed by atoms with Crippen molar-refractivity contribution in [3.05, 3.63) is 11.1 Å². The van der Waals surface area contributed by atoms with Crippen LogP contribution in [0.1, 0.15) is 12.8 Å². The van der Waals surface area contributed by atoms with Gasteiger partial charge in [-0.25, -0.2) is 0 Å². The van der Waals surface area contributed by atoms with E-state index in [0.29, 0.717) is 6.10 Å². The number of hydrogen-bond acceptors (Lipinski definition) is 2. The summed E-state index contributed by atoms with van der Waals surface area (Å²) in [5, 5.41) is 0. The molecule has 1 saturated carbocycles. The molecule has 0 bridgehead atoms. The fraction of sp³-hybridized carbons (Fsp3) is 0.800. The predicted octanol–water partition coefficient (Wildman–Crippen LogP) is 2.01. The van der Waals surface area contributed by atoms with Gasteiger partial charge in [-0.3, -0.25) is 4.90 Å². The highest BCUT2D eigenvalue weighted by Crippen LogP contribution is 2.35. The Labute approximate surface area is 88.1 Å². The number of halogens is 1. The molecule has 2 nitrogen and oxygen atoms in total. The quantitative estimate of drug-likeness (QED) is 0.755. The van der Waals surface area contributed by atoms with E-state index in [1.165, 1.54) is 12.8 Å². The summed E-state index contributed by atoms with van der Waals surface area (Å²) in [5.74, 6) is 0.853. The van der Waals surface area contributed by atoms with Gasteiger partial charge in [-0.1, -0.05) is 22.5 Å². The van der Waals surface area contributed by atoms with Crippen LogP contribution in [0.5, 0.6) is 0 Å². The molecule has 0 aromatic carbocycles. The third-order valence-corrected chi connectivity index (χ3v) is 2.97. The molecule has 1 atom stereocenters. The predicted molar refractivity (Wildman–Crippen MR) is 57.0 cm³/mol. The molecular formula is C10H16BrNO. The highest BCUT2D eigenvalue weighted by Gasteiger charge is 2.34. The van der Waals surface area contributed by atoms with Gasteiger partial charge in [0.2, 0.25) is 0 Å². The first-order valence-corrected chi connectivity index (χ1v) is 5.72. The Hall–Kier alpha value is 0.140. The molecule has 1 aliphatic carbocycles. The van der Waals surface area contributed by atoms with Crippen LogP contribution in [0.2, 0.25) is 0 Å². The highest BCUT2D eigenvalue weighted by atomic mass is 79.9. The van der Waals surface area contributed by atoms with Gasteiger partial charge in [0.05, 0.1) is 12.7 Å². The molecule has 2 aliphatic rings. The number of nitrogens with zero attached hydrogens (tertiary/aromatic N) is 1. The molecular weight excluding hydrogens is 230 g/mol. The van der Waals surface area contributed by atoms with Crippen molar-refractivity contribution < 1.29 is 4.74 Å². The first-order chi connectivity index (χ1) is 6.25. The molecule has 1 aliphatic heterocycles. The SMILES string of the molecule is C=C(Br)CN1CCOC(C2CC2)C1. The van der Waals surface area contributed by atoms with Crippen molar-refractivity contribution in [1.82, 2.24) is 4.90 Å². The second kappa shape index (κ2) is 4.11. The van der Waals surface area contributed by atoms with Crippen molar-refractivity contribution >= 4 is 15.9 Å². The van der Waals surface area contributed by atoms with Gasteiger partial charge >= 0.3 is 0 Å². The maximum Gasteiger partial charge on any atom is 0.0730 e. The summed E-state index contributed by atoms with van der Waals surface area (Å²) in [6.07, 6.45) is 3.24. The van der Waals surface area contributed by atoms with E-state index in [-0.39, 0.29) is 0 Å². The maximum absolute atomic E-state index is 5.73. The van der Waals surface area contributed by atoms with Gasteiger partial charge in [0.1, 0.15) is 0 Å². The zero-order valence-corrected chi connectivity index (χ0v) is 9.42. The normalized spacial score (nSPS) is 30.4. The third-order valence-electron chi connectivity index (χ3n) is 2.72. The summed E-state index contributed by atoms with van der Waals surface area (Å²) in [5.41, 5.74) is 0. The van der Waals surface area contributed by atoms with E-state index in [1.807, 2.05) is 0 Å². The average molecular weight is 246 g/mol. The van der Waals surface area contributed by atoms with Crippen LogP contribution in [-0.2, 0) is 4.74 Å². The van der Waals surface area contributed by atoms with Crippen LogP contribution < -0.4 is 0 Å². The molecule has 0 aromatic heterocycles. The summed E-state index contributed by atoms with van der Waals surface area (Å²) in [6.45, 7) is 7.87. The summed E-state index contributed by atoms with van der Waals surface area (Å²) in [4.78, 5) is 2.42. The fourth-order valence-corrected chi connectivity index (χ4v) is 2.23. The Bertz CT molecular complexity index is 203. The van der Waals surface area contributed by atoms with Crippen LogP contribution in [0.25, 0.3) is 0 Å². The Morgan fingerprint density at radius 2 is 2.31 bits per heavy atom. The first kappa shape index (κ1) is 9.69. The van der Waals surface area contributed by atoms with Crippen molar-refractivity contribution in [2.45, 2.75) is 18.9 Å². The van der Waals surface area contributed by atoms with Gasteiger partial charge in [0.25, 0.3) is 0 Å². The Kier molecular flexibility index (Phi) is 3.06. The minimum atomic E-state index is 0.501. The monoisotopic (exact) mass is 245 g/mol. The molecule has 0 aromatic rings. The topological polar surface area (TPSA) is 12.5 Å². The largest absolute Gasteiger partial charge is 0.375 e. The molecule has 0 spiro atoms. The van der Waals surface area contributed by atoms with Crippen LogP contribution >= 0.6 is 15.9 Å². The first-order valence-electron chi connectivity index (χ1n) is 4.93. The van der Waals surface area contributed by atoms with E-state index >= 15 is 0 Å². The second-order valence-corrected chi connectivity index (χ2v) is 5.12.